The third-order valence-corrected chi connectivity index (χ3v) is 3.28. The van der Waals surface area contributed by atoms with E-state index in [2.05, 4.69) is 23.7 Å². The zero-order chi connectivity index (χ0) is 17.0. The summed E-state index contributed by atoms with van der Waals surface area (Å²) in [6.07, 6.45) is 1.48. The summed E-state index contributed by atoms with van der Waals surface area (Å²) in [7, 11) is 0. The topological polar surface area (TPSA) is 88.5 Å². The quantitative estimate of drug-likeness (QED) is 0.850. The first-order valence-electron chi connectivity index (χ1n) is 7.15. The van der Waals surface area contributed by atoms with E-state index in [4.69, 9.17) is 0 Å². The van der Waals surface area contributed by atoms with Gasteiger partial charge in [0.1, 0.15) is 5.75 Å². The smallest absolute Gasteiger partial charge is 0.329 e. The van der Waals surface area contributed by atoms with Gasteiger partial charge in [0.15, 0.2) is 5.69 Å². The third-order valence-electron chi connectivity index (χ3n) is 3.28. The Morgan fingerprint density at radius 1 is 1.17 bits per heavy atom. The van der Waals surface area contributed by atoms with Crippen molar-refractivity contribution in [3.8, 4) is 16.9 Å². The Bertz CT molecular complexity index is 724. The molecule has 2 N–H and O–H groups in total. The fraction of sp³-hybridized carbons (Fsp3) is 0.235. The number of aromatic nitrogens is 1. The maximum Gasteiger partial charge on any atom is 0.329 e. The van der Waals surface area contributed by atoms with Crippen LogP contribution in [0.3, 0.4) is 0 Å². The van der Waals surface area contributed by atoms with Crippen molar-refractivity contribution >= 4 is 11.9 Å². The number of carbonyl (C=O) groups excluding carboxylic acids is 2. The molecule has 6 heteroatoms. The highest BCUT2D eigenvalue weighted by molar-refractivity contribution is 5.95. The Kier molecular flexibility index (Phi) is 4.95. The molecular formula is C17H18N2O4. The van der Waals surface area contributed by atoms with E-state index in [1.54, 1.807) is 0 Å². The van der Waals surface area contributed by atoms with Crippen molar-refractivity contribution in [2.24, 2.45) is 0 Å². The van der Waals surface area contributed by atoms with Gasteiger partial charge in [0.05, 0.1) is 0 Å². The largest absolute Gasteiger partial charge is 0.505 e. The van der Waals surface area contributed by atoms with Crippen molar-refractivity contribution in [2.75, 3.05) is 0 Å². The van der Waals surface area contributed by atoms with Crippen molar-refractivity contribution in [2.45, 2.75) is 26.7 Å². The summed E-state index contributed by atoms with van der Waals surface area (Å²) in [5.41, 5.74) is 4.47. The molecule has 0 aliphatic carbocycles. The molecule has 2 rings (SSSR count). The summed E-state index contributed by atoms with van der Waals surface area (Å²) in [6, 6.07) is 9.34. The molecule has 0 saturated heterocycles. The fourth-order valence-corrected chi connectivity index (χ4v) is 2.01. The molecule has 0 aliphatic heterocycles. The Morgan fingerprint density at radius 2 is 1.83 bits per heavy atom. The molecule has 120 valence electrons. The van der Waals surface area contributed by atoms with Crippen molar-refractivity contribution in [1.82, 2.24) is 10.5 Å². The van der Waals surface area contributed by atoms with Gasteiger partial charge in [-0.1, -0.05) is 38.1 Å². The van der Waals surface area contributed by atoms with Crippen LogP contribution in [0.5, 0.6) is 5.75 Å². The van der Waals surface area contributed by atoms with Gasteiger partial charge in [0.2, 0.25) is 0 Å². The minimum atomic E-state index is -0.792. The van der Waals surface area contributed by atoms with E-state index in [0.717, 1.165) is 12.5 Å². The van der Waals surface area contributed by atoms with E-state index in [0.29, 0.717) is 11.5 Å². The van der Waals surface area contributed by atoms with E-state index >= 15 is 0 Å². The molecule has 0 unspecified atom stereocenters. The van der Waals surface area contributed by atoms with Crippen LogP contribution in [0.4, 0.5) is 0 Å². The number of pyridine rings is 1. The van der Waals surface area contributed by atoms with Crippen LogP contribution in [-0.4, -0.2) is 22.0 Å². The van der Waals surface area contributed by atoms with Gasteiger partial charge in [-0.05, 0) is 23.1 Å². The van der Waals surface area contributed by atoms with Gasteiger partial charge in [-0.15, -0.1) is 0 Å². The maximum atomic E-state index is 11.7. The molecule has 0 spiro atoms. The Hall–Kier alpha value is -2.89. The number of amides is 1. The SMILES string of the molecule is CC(=O)ONC(=O)c1ncc(-c2ccc(C(C)C)cc2)cc1O. The number of benzene rings is 1. The first-order chi connectivity index (χ1) is 10.9. The van der Waals surface area contributed by atoms with Crippen molar-refractivity contribution in [1.29, 1.82) is 0 Å². The van der Waals surface area contributed by atoms with E-state index in [9.17, 15) is 14.7 Å². The molecule has 1 aromatic carbocycles. The van der Waals surface area contributed by atoms with E-state index in [-0.39, 0.29) is 11.4 Å². The second-order valence-corrected chi connectivity index (χ2v) is 5.39. The first-order valence-corrected chi connectivity index (χ1v) is 7.15. The minimum Gasteiger partial charge on any atom is -0.505 e. The molecule has 2 aromatic rings. The summed E-state index contributed by atoms with van der Waals surface area (Å²) in [5, 5.41) is 9.97. The second-order valence-electron chi connectivity index (χ2n) is 5.39. The van der Waals surface area contributed by atoms with Gasteiger partial charge < -0.3 is 9.94 Å². The normalized spacial score (nSPS) is 10.4. The second kappa shape index (κ2) is 6.91. The predicted octanol–water partition coefficient (Wildman–Crippen LogP) is 2.79. The van der Waals surface area contributed by atoms with Crippen molar-refractivity contribution in [3.63, 3.8) is 0 Å². The summed E-state index contributed by atoms with van der Waals surface area (Å²) < 4.78 is 0. The van der Waals surface area contributed by atoms with Crippen LogP contribution in [-0.2, 0) is 9.63 Å². The molecule has 6 nitrogen and oxygen atoms in total. The molecule has 1 heterocycles. The average molecular weight is 314 g/mol. The zero-order valence-corrected chi connectivity index (χ0v) is 13.2. The lowest BCUT2D eigenvalue weighted by molar-refractivity contribution is -0.146. The third kappa shape index (κ3) is 4.06. The Morgan fingerprint density at radius 3 is 2.35 bits per heavy atom. The first kappa shape index (κ1) is 16.5. The van der Waals surface area contributed by atoms with Crippen LogP contribution in [0.15, 0.2) is 36.5 Å². The van der Waals surface area contributed by atoms with E-state index in [1.807, 2.05) is 29.7 Å². The molecule has 1 aromatic heterocycles. The molecule has 0 bridgehead atoms. The number of rotatable bonds is 3. The van der Waals surface area contributed by atoms with Crippen LogP contribution in [0.2, 0.25) is 0 Å². The molecule has 0 aliphatic rings. The van der Waals surface area contributed by atoms with Gasteiger partial charge in [-0.2, -0.15) is 5.48 Å². The fourth-order valence-electron chi connectivity index (χ4n) is 2.01. The molecule has 0 atom stereocenters. The molecule has 0 radical (unpaired) electrons. The van der Waals surface area contributed by atoms with E-state index < -0.39 is 11.9 Å². The number of carbonyl (C=O) groups is 2. The number of nitrogens with zero attached hydrogens (tertiary/aromatic N) is 1. The number of nitrogens with one attached hydrogen (secondary N) is 1. The predicted molar refractivity (Wildman–Crippen MR) is 84.7 cm³/mol. The minimum absolute atomic E-state index is 0.214. The van der Waals surface area contributed by atoms with Gasteiger partial charge in [0, 0.05) is 18.7 Å². The van der Waals surface area contributed by atoms with Gasteiger partial charge >= 0.3 is 11.9 Å². The van der Waals surface area contributed by atoms with Crippen molar-refractivity contribution < 1.29 is 19.5 Å². The summed E-state index contributed by atoms with van der Waals surface area (Å²) in [6.45, 7) is 5.37. The number of hydrogen-bond acceptors (Lipinski definition) is 5. The van der Waals surface area contributed by atoms with Crippen LogP contribution < -0.4 is 5.48 Å². The van der Waals surface area contributed by atoms with Gasteiger partial charge in [0.25, 0.3) is 0 Å². The van der Waals surface area contributed by atoms with Crippen molar-refractivity contribution in [3.05, 3.63) is 47.8 Å². The molecule has 0 saturated carbocycles. The number of hydroxylamine groups is 1. The Labute approximate surface area is 134 Å². The average Bonchev–Trinajstić information content (AvgIpc) is 2.52. The van der Waals surface area contributed by atoms with Crippen LogP contribution >= 0.6 is 0 Å². The lowest BCUT2D eigenvalue weighted by atomic mass is 9.99. The summed E-state index contributed by atoms with van der Waals surface area (Å²) in [5.74, 6) is -1.32. The molecular weight excluding hydrogens is 296 g/mol. The standard InChI is InChI=1S/C17H18N2O4/c1-10(2)12-4-6-13(7-5-12)14-8-15(21)16(18-9-14)17(22)19-23-11(3)20/h4-10,21H,1-3H3,(H,19,22). The highest BCUT2D eigenvalue weighted by Gasteiger charge is 2.15. The molecule has 23 heavy (non-hydrogen) atoms. The number of hydrogen-bond donors (Lipinski definition) is 2. The summed E-state index contributed by atoms with van der Waals surface area (Å²) >= 11 is 0. The number of aromatic hydroxyl groups is 1. The monoisotopic (exact) mass is 314 g/mol. The highest BCUT2D eigenvalue weighted by atomic mass is 16.7. The maximum absolute atomic E-state index is 11.7. The van der Waals surface area contributed by atoms with Gasteiger partial charge in [-0.3, -0.25) is 9.59 Å². The van der Waals surface area contributed by atoms with Gasteiger partial charge in [-0.25, -0.2) is 4.98 Å². The molecule has 0 fully saturated rings. The lowest BCUT2D eigenvalue weighted by Crippen LogP contribution is -2.26. The summed E-state index contributed by atoms with van der Waals surface area (Å²) in [4.78, 5) is 30.7. The van der Waals surface area contributed by atoms with E-state index in [1.165, 1.54) is 17.8 Å². The molecule has 1 amide bonds. The Balaban J connectivity index is 2.21. The van der Waals surface area contributed by atoms with Crippen LogP contribution in [0, 0.1) is 0 Å². The highest BCUT2D eigenvalue weighted by Crippen LogP contribution is 2.26. The lowest BCUT2D eigenvalue weighted by Gasteiger charge is -2.09. The van der Waals surface area contributed by atoms with Crippen LogP contribution in [0.25, 0.3) is 11.1 Å². The zero-order valence-electron chi connectivity index (χ0n) is 13.2. The van der Waals surface area contributed by atoms with Crippen LogP contribution in [0.1, 0.15) is 42.7 Å².